The van der Waals surface area contributed by atoms with Gasteiger partial charge < -0.3 is 5.11 Å². The number of rotatable bonds is 1. The van der Waals surface area contributed by atoms with Crippen molar-refractivity contribution in [3.05, 3.63) is 17.0 Å². The minimum atomic E-state index is -0.553. The van der Waals surface area contributed by atoms with Crippen LogP contribution < -0.4 is 0 Å². The van der Waals surface area contributed by atoms with Crippen molar-refractivity contribution in [1.82, 2.24) is 9.78 Å². The summed E-state index contributed by atoms with van der Waals surface area (Å²) in [6, 6.07) is 0. The van der Waals surface area contributed by atoms with Crippen molar-refractivity contribution in [2.45, 2.75) is 44.1 Å². The lowest BCUT2D eigenvalue weighted by Gasteiger charge is -2.13. The van der Waals surface area contributed by atoms with Gasteiger partial charge in [0.2, 0.25) is 0 Å². The fourth-order valence-electron chi connectivity index (χ4n) is 2.50. The Morgan fingerprint density at radius 2 is 2.00 bits per heavy atom. The van der Waals surface area contributed by atoms with Crippen molar-refractivity contribution in [3.63, 3.8) is 0 Å². The Morgan fingerprint density at radius 1 is 1.29 bits per heavy atom. The number of nitrogens with zero attached hydrogens (tertiary/aromatic N) is 2. The lowest BCUT2D eigenvalue weighted by Crippen LogP contribution is -2.10. The molecule has 1 fully saturated rings. The first-order valence-corrected chi connectivity index (χ1v) is 5.48. The molecule has 0 atom stereocenters. The molecule has 0 spiro atoms. The molecule has 0 amide bonds. The van der Waals surface area contributed by atoms with Gasteiger partial charge in [-0.3, -0.25) is 4.68 Å². The lowest BCUT2D eigenvalue weighted by molar-refractivity contribution is 0.144. The molecule has 1 N–H and O–H groups in total. The van der Waals surface area contributed by atoms with Crippen LogP contribution in [0.15, 0.2) is 0 Å². The first-order valence-electron chi connectivity index (χ1n) is 5.48. The van der Waals surface area contributed by atoms with Crippen LogP contribution >= 0.6 is 0 Å². The zero-order valence-electron chi connectivity index (χ0n) is 8.58. The van der Waals surface area contributed by atoms with Crippen LogP contribution in [0.1, 0.15) is 42.6 Å². The Bertz CT molecular complexity index is 377. The van der Waals surface area contributed by atoms with Crippen molar-refractivity contribution in [2.75, 3.05) is 0 Å². The van der Waals surface area contributed by atoms with Crippen molar-refractivity contribution < 1.29 is 5.11 Å². The van der Waals surface area contributed by atoms with E-state index in [9.17, 15) is 5.11 Å². The molecule has 2 aliphatic carbocycles. The lowest BCUT2D eigenvalue weighted by atomic mass is 9.94. The SMILES string of the molecule is Cn1nc(C2(O)CC2)c2c1CCCC2. The van der Waals surface area contributed by atoms with Crippen LogP contribution in [0.25, 0.3) is 0 Å². The summed E-state index contributed by atoms with van der Waals surface area (Å²) < 4.78 is 1.97. The molecule has 14 heavy (non-hydrogen) atoms. The van der Waals surface area contributed by atoms with E-state index in [0.717, 1.165) is 31.4 Å². The molecule has 1 aromatic rings. The monoisotopic (exact) mass is 192 g/mol. The third kappa shape index (κ3) is 1.05. The molecule has 0 radical (unpaired) electrons. The van der Waals surface area contributed by atoms with Crippen LogP contribution in [-0.2, 0) is 25.5 Å². The Balaban J connectivity index is 2.12. The van der Waals surface area contributed by atoms with Crippen molar-refractivity contribution in [1.29, 1.82) is 0 Å². The number of hydrogen-bond acceptors (Lipinski definition) is 2. The second-order valence-corrected chi connectivity index (χ2v) is 4.64. The maximum Gasteiger partial charge on any atom is 0.109 e. The third-order valence-electron chi connectivity index (χ3n) is 3.53. The summed E-state index contributed by atoms with van der Waals surface area (Å²) in [5.74, 6) is 0. The van der Waals surface area contributed by atoms with Crippen molar-refractivity contribution >= 4 is 0 Å². The predicted octanol–water partition coefficient (Wildman–Crippen LogP) is 1.28. The van der Waals surface area contributed by atoms with E-state index >= 15 is 0 Å². The molecule has 3 rings (SSSR count). The molecule has 1 saturated carbocycles. The molecule has 3 nitrogen and oxygen atoms in total. The molecule has 2 aliphatic rings. The minimum absolute atomic E-state index is 0.553. The van der Waals surface area contributed by atoms with Crippen LogP contribution in [0.4, 0.5) is 0 Å². The van der Waals surface area contributed by atoms with Crippen LogP contribution in [-0.4, -0.2) is 14.9 Å². The van der Waals surface area contributed by atoms with Gasteiger partial charge >= 0.3 is 0 Å². The topological polar surface area (TPSA) is 38.0 Å². The molecule has 0 bridgehead atoms. The molecule has 1 heterocycles. The second-order valence-electron chi connectivity index (χ2n) is 4.64. The zero-order valence-corrected chi connectivity index (χ0v) is 8.58. The second kappa shape index (κ2) is 2.60. The molecular weight excluding hydrogens is 176 g/mol. The standard InChI is InChI=1S/C11H16N2O/c1-13-9-5-3-2-4-8(9)10(12-13)11(14)6-7-11/h14H,2-7H2,1H3. The summed E-state index contributed by atoms with van der Waals surface area (Å²) in [5, 5.41) is 14.6. The van der Waals surface area contributed by atoms with E-state index in [0.29, 0.717) is 0 Å². The Hall–Kier alpha value is -0.830. The number of aromatic nitrogens is 2. The predicted molar refractivity (Wildman–Crippen MR) is 53.0 cm³/mol. The van der Waals surface area contributed by atoms with Crippen molar-refractivity contribution in [2.24, 2.45) is 7.05 Å². The van der Waals surface area contributed by atoms with Gasteiger partial charge in [0.15, 0.2) is 0 Å². The average Bonchev–Trinajstić information content (AvgIpc) is 2.84. The number of aryl methyl sites for hydroxylation is 1. The van der Waals surface area contributed by atoms with Gasteiger partial charge in [0.1, 0.15) is 5.60 Å². The number of hydrogen-bond donors (Lipinski definition) is 1. The third-order valence-corrected chi connectivity index (χ3v) is 3.53. The van der Waals surface area contributed by atoms with E-state index in [1.807, 2.05) is 11.7 Å². The maximum absolute atomic E-state index is 10.1. The largest absolute Gasteiger partial charge is 0.383 e. The summed E-state index contributed by atoms with van der Waals surface area (Å²) in [6.45, 7) is 0. The van der Waals surface area contributed by atoms with Gasteiger partial charge in [0, 0.05) is 12.7 Å². The fourth-order valence-corrected chi connectivity index (χ4v) is 2.50. The van der Waals surface area contributed by atoms with E-state index in [1.54, 1.807) is 0 Å². The van der Waals surface area contributed by atoms with Gasteiger partial charge in [-0.25, -0.2) is 0 Å². The van der Waals surface area contributed by atoms with Crippen LogP contribution in [0.2, 0.25) is 0 Å². The highest BCUT2D eigenvalue weighted by Gasteiger charge is 2.46. The van der Waals surface area contributed by atoms with Gasteiger partial charge in [-0.05, 0) is 44.1 Å². The molecule has 0 aromatic carbocycles. The van der Waals surface area contributed by atoms with Gasteiger partial charge in [-0.1, -0.05) is 0 Å². The molecule has 1 aromatic heterocycles. The molecule has 0 saturated heterocycles. The first-order chi connectivity index (χ1) is 6.71. The first kappa shape index (κ1) is 8.48. The summed E-state index contributed by atoms with van der Waals surface area (Å²) in [5.41, 5.74) is 3.13. The quantitative estimate of drug-likeness (QED) is 0.728. The van der Waals surface area contributed by atoms with E-state index in [-0.39, 0.29) is 0 Å². The van der Waals surface area contributed by atoms with Gasteiger partial charge in [0.05, 0.1) is 5.69 Å². The van der Waals surface area contributed by atoms with E-state index in [4.69, 9.17) is 0 Å². The molecule has 3 heteroatoms. The zero-order chi connectivity index (χ0) is 9.76. The summed E-state index contributed by atoms with van der Waals surface area (Å²) in [4.78, 5) is 0. The highest BCUT2D eigenvalue weighted by molar-refractivity contribution is 5.35. The Kier molecular flexibility index (Phi) is 1.57. The molecule has 0 unspecified atom stereocenters. The summed E-state index contributed by atoms with van der Waals surface area (Å²) in [7, 11) is 2.00. The highest BCUT2D eigenvalue weighted by atomic mass is 16.3. The molecular formula is C11H16N2O. The maximum atomic E-state index is 10.1. The van der Waals surface area contributed by atoms with Crippen LogP contribution in [0.5, 0.6) is 0 Å². The van der Waals surface area contributed by atoms with E-state index in [2.05, 4.69) is 5.10 Å². The van der Waals surface area contributed by atoms with Crippen LogP contribution in [0, 0.1) is 0 Å². The normalized spacial score (nSPS) is 23.3. The molecule has 76 valence electrons. The smallest absolute Gasteiger partial charge is 0.109 e. The summed E-state index contributed by atoms with van der Waals surface area (Å²) >= 11 is 0. The Morgan fingerprint density at radius 3 is 2.71 bits per heavy atom. The van der Waals surface area contributed by atoms with E-state index in [1.165, 1.54) is 24.1 Å². The molecule has 0 aliphatic heterocycles. The summed E-state index contributed by atoms with van der Waals surface area (Å²) in [6.07, 6.45) is 6.56. The average molecular weight is 192 g/mol. The Labute approximate surface area is 83.7 Å². The van der Waals surface area contributed by atoms with Gasteiger partial charge in [0.25, 0.3) is 0 Å². The van der Waals surface area contributed by atoms with E-state index < -0.39 is 5.60 Å². The minimum Gasteiger partial charge on any atom is -0.383 e. The van der Waals surface area contributed by atoms with Crippen LogP contribution in [0.3, 0.4) is 0 Å². The highest BCUT2D eigenvalue weighted by Crippen LogP contribution is 2.47. The van der Waals surface area contributed by atoms with Gasteiger partial charge in [-0.2, -0.15) is 5.10 Å². The fraction of sp³-hybridized carbons (Fsp3) is 0.727. The number of fused-ring (bicyclic) bond motifs is 1. The number of aliphatic hydroxyl groups is 1. The van der Waals surface area contributed by atoms with Crippen molar-refractivity contribution in [3.8, 4) is 0 Å². The van der Waals surface area contributed by atoms with Gasteiger partial charge in [-0.15, -0.1) is 0 Å².